The Labute approximate surface area is 121 Å². The maximum Gasteiger partial charge on any atom is 0.221 e. The molecule has 1 aromatic heterocycles. The molecule has 1 heterocycles. The first-order valence-corrected chi connectivity index (χ1v) is 6.94. The Morgan fingerprint density at radius 3 is 2.70 bits per heavy atom. The number of para-hydroxylation sites is 1. The zero-order valence-corrected chi connectivity index (χ0v) is 11.9. The highest BCUT2D eigenvalue weighted by Gasteiger charge is 1.93. The summed E-state index contributed by atoms with van der Waals surface area (Å²) in [6.07, 6.45) is 0. The van der Waals surface area contributed by atoms with Crippen molar-refractivity contribution in [1.29, 1.82) is 0 Å². The first kappa shape index (κ1) is 14.0. The molecule has 5 heteroatoms. The van der Waals surface area contributed by atoms with E-state index in [1.807, 2.05) is 23.7 Å². The molecule has 0 spiro atoms. The second-order valence-corrected chi connectivity index (χ2v) is 5.01. The number of thiazole rings is 1. The number of amides is 1. The third-order valence-electron chi connectivity index (χ3n) is 2.44. The van der Waals surface area contributed by atoms with Gasteiger partial charge in [0, 0.05) is 18.3 Å². The summed E-state index contributed by atoms with van der Waals surface area (Å²) < 4.78 is 1.26. The van der Waals surface area contributed by atoms with Gasteiger partial charge in [0.15, 0.2) is 0 Å². The second kappa shape index (κ2) is 6.68. The Hall–Kier alpha value is -2.40. The molecular formula is C15H15N3OS. The summed E-state index contributed by atoms with van der Waals surface area (Å²) in [5, 5.41) is 2.63. The average molecular weight is 285 g/mol. The van der Waals surface area contributed by atoms with Crippen LogP contribution in [0.1, 0.15) is 6.92 Å². The van der Waals surface area contributed by atoms with Gasteiger partial charge in [0.05, 0.1) is 15.7 Å². The highest BCUT2D eigenvalue weighted by molar-refractivity contribution is 7.16. The number of fused-ring (bicyclic) bond motifs is 1. The number of anilines is 2. The van der Waals surface area contributed by atoms with Crippen LogP contribution in [0.3, 0.4) is 0 Å². The van der Waals surface area contributed by atoms with Crippen molar-refractivity contribution in [3.63, 3.8) is 0 Å². The zero-order valence-electron chi connectivity index (χ0n) is 11.0. The van der Waals surface area contributed by atoms with Gasteiger partial charge in [0.2, 0.25) is 5.91 Å². The van der Waals surface area contributed by atoms with E-state index in [0.717, 1.165) is 11.2 Å². The molecule has 0 radical (unpaired) electrons. The van der Waals surface area contributed by atoms with Crippen LogP contribution in [0.25, 0.3) is 10.2 Å². The summed E-state index contributed by atoms with van der Waals surface area (Å²) in [7, 11) is 0. The van der Waals surface area contributed by atoms with Gasteiger partial charge in [-0.25, -0.2) is 4.98 Å². The molecule has 3 rings (SSSR count). The number of aromatic nitrogens is 1. The molecule has 2 aromatic carbocycles. The summed E-state index contributed by atoms with van der Waals surface area (Å²) in [6, 6.07) is 15.2. The molecule has 0 aliphatic carbocycles. The van der Waals surface area contributed by atoms with Crippen LogP contribution in [0.5, 0.6) is 0 Å². The lowest BCUT2D eigenvalue weighted by Gasteiger charge is -2.01. The number of carbonyl (C=O) groups excluding carboxylic acids is 1. The highest BCUT2D eigenvalue weighted by atomic mass is 32.1. The molecule has 0 saturated heterocycles. The summed E-state index contributed by atoms with van der Waals surface area (Å²) in [4.78, 5) is 14.7. The number of hydrogen-bond donors (Lipinski definition) is 2. The van der Waals surface area contributed by atoms with Crippen LogP contribution < -0.4 is 11.1 Å². The number of hydrogen-bond acceptors (Lipinski definition) is 4. The number of benzene rings is 2. The van der Waals surface area contributed by atoms with E-state index in [1.54, 1.807) is 35.6 Å². The predicted molar refractivity (Wildman–Crippen MR) is 84.8 cm³/mol. The second-order valence-electron chi connectivity index (χ2n) is 4.13. The van der Waals surface area contributed by atoms with E-state index < -0.39 is 0 Å². The minimum Gasteiger partial charge on any atom is -0.399 e. The van der Waals surface area contributed by atoms with E-state index in [0.29, 0.717) is 5.69 Å². The van der Waals surface area contributed by atoms with Crippen molar-refractivity contribution in [1.82, 2.24) is 4.98 Å². The molecule has 0 aliphatic heterocycles. The summed E-state index contributed by atoms with van der Waals surface area (Å²) in [6.45, 7) is 1.46. The zero-order chi connectivity index (χ0) is 14.4. The molecule has 0 atom stereocenters. The lowest BCUT2D eigenvalue weighted by Crippen LogP contribution is -2.05. The van der Waals surface area contributed by atoms with Gasteiger partial charge in [-0.2, -0.15) is 0 Å². The van der Waals surface area contributed by atoms with E-state index in [2.05, 4.69) is 16.4 Å². The Balaban J connectivity index is 0.000000149. The van der Waals surface area contributed by atoms with Gasteiger partial charge in [0.25, 0.3) is 0 Å². The molecule has 0 unspecified atom stereocenters. The van der Waals surface area contributed by atoms with E-state index in [4.69, 9.17) is 5.73 Å². The molecule has 0 fully saturated rings. The molecule has 1 amide bonds. The van der Waals surface area contributed by atoms with Crippen LogP contribution in [0.15, 0.2) is 54.0 Å². The molecule has 0 aliphatic rings. The van der Waals surface area contributed by atoms with Crippen molar-refractivity contribution >= 4 is 38.8 Å². The van der Waals surface area contributed by atoms with Crippen molar-refractivity contribution in [2.24, 2.45) is 0 Å². The van der Waals surface area contributed by atoms with Crippen LogP contribution in [0.2, 0.25) is 0 Å². The van der Waals surface area contributed by atoms with Crippen LogP contribution in [-0.4, -0.2) is 10.9 Å². The first-order valence-electron chi connectivity index (χ1n) is 6.06. The highest BCUT2D eigenvalue weighted by Crippen LogP contribution is 2.15. The van der Waals surface area contributed by atoms with Crippen LogP contribution in [-0.2, 0) is 4.79 Å². The Morgan fingerprint density at radius 2 is 2.00 bits per heavy atom. The molecule has 0 saturated carbocycles. The number of nitrogens with one attached hydrogen (secondary N) is 1. The molecule has 20 heavy (non-hydrogen) atoms. The van der Waals surface area contributed by atoms with Crippen molar-refractivity contribution in [3.05, 3.63) is 54.0 Å². The predicted octanol–water partition coefficient (Wildman–Crippen LogP) is 3.52. The monoisotopic (exact) mass is 285 g/mol. The van der Waals surface area contributed by atoms with Crippen molar-refractivity contribution in [2.75, 3.05) is 11.1 Å². The summed E-state index contributed by atoms with van der Waals surface area (Å²) >= 11 is 1.68. The quantitative estimate of drug-likeness (QED) is 0.672. The average Bonchev–Trinajstić information content (AvgIpc) is 2.87. The van der Waals surface area contributed by atoms with Gasteiger partial charge >= 0.3 is 0 Å². The SMILES string of the molecule is CC(=O)Nc1cccc(N)c1.c1ccc2scnc2c1. The maximum absolute atomic E-state index is 10.6. The number of rotatable bonds is 1. The molecule has 3 aromatic rings. The van der Waals surface area contributed by atoms with Gasteiger partial charge in [0.1, 0.15) is 0 Å². The number of nitrogen functional groups attached to an aromatic ring is 1. The van der Waals surface area contributed by atoms with Crippen molar-refractivity contribution < 1.29 is 4.79 Å². The van der Waals surface area contributed by atoms with Gasteiger partial charge in [-0.1, -0.05) is 18.2 Å². The van der Waals surface area contributed by atoms with Gasteiger partial charge in [-0.3, -0.25) is 4.79 Å². The molecule has 3 N–H and O–H groups in total. The first-order chi connectivity index (χ1) is 9.65. The lowest BCUT2D eigenvalue weighted by atomic mass is 10.3. The third-order valence-corrected chi connectivity index (χ3v) is 3.25. The molecular weight excluding hydrogens is 270 g/mol. The largest absolute Gasteiger partial charge is 0.399 e. The Kier molecular flexibility index (Phi) is 4.68. The summed E-state index contributed by atoms with van der Waals surface area (Å²) in [5.41, 5.74) is 9.83. The van der Waals surface area contributed by atoms with Crippen LogP contribution in [0, 0.1) is 0 Å². The number of nitrogens with two attached hydrogens (primary N) is 1. The fourth-order valence-electron chi connectivity index (χ4n) is 1.62. The van der Waals surface area contributed by atoms with E-state index in [1.165, 1.54) is 11.6 Å². The molecule has 0 bridgehead atoms. The fourth-order valence-corrected chi connectivity index (χ4v) is 2.30. The van der Waals surface area contributed by atoms with Crippen molar-refractivity contribution in [2.45, 2.75) is 6.92 Å². The fraction of sp³-hybridized carbons (Fsp3) is 0.0667. The number of nitrogens with zero attached hydrogens (tertiary/aromatic N) is 1. The van der Waals surface area contributed by atoms with Gasteiger partial charge < -0.3 is 11.1 Å². The van der Waals surface area contributed by atoms with Crippen LogP contribution in [0.4, 0.5) is 11.4 Å². The smallest absolute Gasteiger partial charge is 0.221 e. The van der Waals surface area contributed by atoms with E-state index in [9.17, 15) is 4.79 Å². The Bertz CT molecular complexity index is 679. The minimum absolute atomic E-state index is 0.0874. The van der Waals surface area contributed by atoms with E-state index >= 15 is 0 Å². The molecule has 102 valence electrons. The molecule has 4 nitrogen and oxygen atoms in total. The van der Waals surface area contributed by atoms with Gasteiger partial charge in [-0.15, -0.1) is 11.3 Å². The van der Waals surface area contributed by atoms with Gasteiger partial charge in [-0.05, 0) is 30.3 Å². The maximum atomic E-state index is 10.6. The normalized spacial score (nSPS) is 9.65. The third kappa shape index (κ3) is 4.07. The number of carbonyl (C=O) groups is 1. The Morgan fingerprint density at radius 1 is 1.20 bits per heavy atom. The van der Waals surface area contributed by atoms with Crippen molar-refractivity contribution in [3.8, 4) is 0 Å². The van der Waals surface area contributed by atoms with E-state index in [-0.39, 0.29) is 5.91 Å². The lowest BCUT2D eigenvalue weighted by molar-refractivity contribution is -0.114. The van der Waals surface area contributed by atoms with Crippen LogP contribution >= 0.6 is 11.3 Å². The minimum atomic E-state index is -0.0874. The topological polar surface area (TPSA) is 68.0 Å². The summed E-state index contributed by atoms with van der Waals surface area (Å²) in [5.74, 6) is -0.0874. The standard InChI is InChI=1S/C8H10N2O.C7H5NS/c1-6(11)10-8-4-2-3-7(9)5-8;1-2-4-7-6(3-1)8-5-9-7/h2-5H,9H2,1H3,(H,10,11);1-5H.